The van der Waals surface area contributed by atoms with Gasteiger partial charge in [0.2, 0.25) is 5.91 Å². The third-order valence-electron chi connectivity index (χ3n) is 4.30. The van der Waals surface area contributed by atoms with E-state index in [4.69, 9.17) is 0 Å². The molecule has 1 aliphatic carbocycles. The van der Waals surface area contributed by atoms with Crippen LogP contribution in [0.25, 0.3) is 0 Å². The first-order valence-corrected chi connectivity index (χ1v) is 6.06. The van der Waals surface area contributed by atoms with Gasteiger partial charge in [-0.15, -0.1) is 0 Å². The molecule has 1 aromatic rings. The summed E-state index contributed by atoms with van der Waals surface area (Å²) in [5.41, 5.74) is 1.06. The summed E-state index contributed by atoms with van der Waals surface area (Å²) in [6, 6.07) is 9.82. The first-order valence-electron chi connectivity index (χ1n) is 6.06. The van der Waals surface area contributed by atoms with Gasteiger partial charge in [-0.25, -0.2) is 0 Å². The third-order valence-corrected chi connectivity index (χ3v) is 4.30. The van der Waals surface area contributed by atoms with Crippen LogP contribution < -0.4 is 0 Å². The lowest BCUT2D eigenvalue weighted by Crippen LogP contribution is -2.39. The van der Waals surface area contributed by atoms with E-state index in [-0.39, 0.29) is 23.2 Å². The standard InChI is InChI=1S/C14H17NO2/c1-14(2)10-11(14)13(17)15(12(10)16)8-9-6-4-3-5-7-9/h3-7,10-12,16H,8H2,1-2H3/t10-,11+,12?/m1/s1. The summed E-state index contributed by atoms with van der Waals surface area (Å²) in [7, 11) is 0. The highest BCUT2D eigenvalue weighted by atomic mass is 16.3. The number of rotatable bonds is 2. The number of carbonyl (C=O) groups excluding carboxylic acids is 1. The van der Waals surface area contributed by atoms with Crippen LogP contribution in [0.15, 0.2) is 30.3 Å². The second kappa shape index (κ2) is 3.33. The molecule has 2 fully saturated rings. The van der Waals surface area contributed by atoms with E-state index in [1.54, 1.807) is 4.90 Å². The van der Waals surface area contributed by atoms with Gasteiger partial charge in [0, 0.05) is 12.5 Å². The molecule has 1 saturated carbocycles. The van der Waals surface area contributed by atoms with Crippen LogP contribution in [-0.2, 0) is 11.3 Å². The molecule has 0 bridgehead atoms. The van der Waals surface area contributed by atoms with Gasteiger partial charge in [0.15, 0.2) is 0 Å². The van der Waals surface area contributed by atoms with Crippen LogP contribution in [0.4, 0.5) is 0 Å². The second-order valence-corrected chi connectivity index (χ2v) is 5.69. The summed E-state index contributed by atoms with van der Waals surface area (Å²) < 4.78 is 0. The molecule has 1 amide bonds. The molecule has 90 valence electrons. The van der Waals surface area contributed by atoms with Crippen molar-refractivity contribution in [3.63, 3.8) is 0 Å². The van der Waals surface area contributed by atoms with E-state index >= 15 is 0 Å². The molecule has 3 nitrogen and oxygen atoms in total. The Morgan fingerprint density at radius 2 is 1.94 bits per heavy atom. The predicted molar refractivity (Wildman–Crippen MR) is 63.8 cm³/mol. The van der Waals surface area contributed by atoms with Gasteiger partial charge >= 0.3 is 0 Å². The quantitative estimate of drug-likeness (QED) is 0.840. The third kappa shape index (κ3) is 1.42. The van der Waals surface area contributed by atoms with Crippen LogP contribution in [0.1, 0.15) is 19.4 Å². The predicted octanol–water partition coefficient (Wildman–Crippen LogP) is 1.62. The number of aliphatic hydroxyl groups excluding tert-OH is 1. The van der Waals surface area contributed by atoms with Crippen LogP contribution in [0.5, 0.6) is 0 Å². The molecule has 0 radical (unpaired) electrons. The highest BCUT2D eigenvalue weighted by Crippen LogP contribution is 2.64. The number of likely N-dealkylation sites (tertiary alicyclic amines) is 1. The van der Waals surface area contributed by atoms with E-state index in [0.717, 1.165) is 5.56 Å². The minimum atomic E-state index is -0.609. The first kappa shape index (κ1) is 10.8. The Morgan fingerprint density at radius 3 is 2.47 bits per heavy atom. The van der Waals surface area contributed by atoms with Gasteiger partial charge in [0.1, 0.15) is 6.23 Å². The molecule has 1 aliphatic heterocycles. The van der Waals surface area contributed by atoms with Crippen LogP contribution in [-0.4, -0.2) is 22.1 Å². The van der Waals surface area contributed by atoms with Crippen molar-refractivity contribution in [2.75, 3.05) is 0 Å². The van der Waals surface area contributed by atoms with Crippen molar-refractivity contribution in [3.8, 4) is 0 Å². The number of nitrogens with zero attached hydrogens (tertiary/aromatic N) is 1. The summed E-state index contributed by atoms with van der Waals surface area (Å²) >= 11 is 0. The molecule has 1 saturated heterocycles. The fourth-order valence-electron chi connectivity index (χ4n) is 3.16. The Labute approximate surface area is 101 Å². The lowest BCUT2D eigenvalue weighted by atomic mass is 10.0. The van der Waals surface area contributed by atoms with Gasteiger partial charge in [-0.2, -0.15) is 0 Å². The zero-order valence-corrected chi connectivity index (χ0v) is 10.1. The zero-order chi connectivity index (χ0) is 12.2. The number of carbonyl (C=O) groups is 1. The number of benzene rings is 1. The highest BCUT2D eigenvalue weighted by Gasteiger charge is 2.71. The molecular formula is C14H17NO2. The normalized spacial score (nSPS) is 33.7. The van der Waals surface area contributed by atoms with Crippen LogP contribution in [0, 0.1) is 17.3 Å². The van der Waals surface area contributed by atoms with Crippen molar-refractivity contribution in [3.05, 3.63) is 35.9 Å². The van der Waals surface area contributed by atoms with Crippen LogP contribution in [0.2, 0.25) is 0 Å². The van der Waals surface area contributed by atoms with Crippen molar-refractivity contribution < 1.29 is 9.90 Å². The van der Waals surface area contributed by atoms with E-state index in [2.05, 4.69) is 13.8 Å². The second-order valence-electron chi connectivity index (χ2n) is 5.69. The lowest BCUT2D eigenvalue weighted by molar-refractivity contribution is -0.140. The maximum Gasteiger partial charge on any atom is 0.229 e. The topological polar surface area (TPSA) is 40.5 Å². The van der Waals surface area contributed by atoms with Crippen molar-refractivity contribution in [2.24, 2.45) is 17.3 Å². The van der Waals surface area contributed by atoms with Gasteiger partial charge < -0.3 is 10.0 Å². The maximum absolute atomic E-state index is 12.1. The SMILES string of the molecule is CC1(C)[C@@H]2C(=O)N(Cc3ccccc3)C(O)[C@@H]21. The number of piperidine rings is 1. The van der Waals surface area contributed by atoms with Crippen molar-refractivity contribution >= 4 is 5.91 Å². The minimum Gasteiger partial charge on any atom is -0.373 e. The molecule has 2 aliphatic rings. The Hall–Kier alpha value is -1.35. The molecule has 3 heteroatoms. The monoisotopic (exact) mass is 231 g/mol. The van der Waals surface area contributed by atoms with Crippen LogP contribution >= 0.6 is 0 Å². The van der Waals surface area contributed by atoms with Gasteiger partial charge in [0.05, 0.1) is 5.92 Å². The summed E-state index contributed by atoms with van der Waals surface area (Å²) in [6.45, 7) is 4.64. The van der Waals surface area contributed by atoms with Gasteiger partial charge in [-0.1, -0.05) is 44.2 Å². The molecule has 0 spiro atoms. The smallest absolute Gasteiger partial charge is 0.229 e. The van der Waals surface area contributed by atoms with Gasteiger partial charge in [-0.3, -0.25) is 4.79 Å². The molecule has 17 heavy (non-hydrogen) atoms. The molecular weight excluding hydrogens is 214 g/mol. The van der Waals surface area contributed by atoms with E-state index in [1.165, 1.54) is 0 Å². The average Bonchev–Trinajstić information content (AvgIpc) is 2.78. The number of fused-ring (bicyclic) bond motifs is 1. The average molecular weight is 231 g/mol. The minimum absolute atomic E-state index is 0.0102. The fraction of sp³-hybridized carbons (Fsp3) is 0.500. The molecule has 3 atom stereocenters. The summed E-state index contributed by atoms with van der Waals surface area (Å²) in [5, 5.41) is 10.2. The fourth-order valence-corrected chi connectivity index (χ4v) is 3.16. The number of hydrogen-bond donors (Lipinski definition) is 1. The van der Waals surface area contributed by atoms with Crippen LogP contribution in [0.3, 0.4) is 0 Å². The lowest BCUT2D eigenvalue weighted by Gasteiger charge is -2.27. The van der Waals surface area contributed by atoms with Crippen molar-refractivity contribution in [1.82, 2.24) is 4.90 Å². The molecule has 1 heterocycles. The maximum atomic E-state index is 12.1. The molecule has 1 aromatic carbocycles. The molecule has 3 rings (SSSR count). The van der Waals surface area contributed by atoms with Gasteiger partial charge in [-0.05, 0) is 11.0 Å². The van der Waals surface area contributed by atoms with Crippen molar-refractivity contribution in [1.29, 1.82) is 0 Å². The Morgan fingerprint density at radius 1 is 1.29 bits per heavy atom. The zero-order valence-electron chi connectivity index (χ0n) is 10.1. The Kier molecular flexibility index (Phi) is 2.11. The van der Waals surface area contributed by atoms with E-state index in [1.807, 2.05) is 30.3 Å². The summed E-state index contributed by atoms with van der Waals surface area (Å²) in [5.74, 6) is 0.260. The molecule has 1 N–H and O–H groups in total. The number of aliphatic hydroxyl groups is 1. The highest BCUT2D eigenvalue weighted by molar-refractivity contribution is 5.86. The first-order chi connectivity index (χ1) is 8.03. The van der Waals surface area contributed by atoms with Crippen molar-refractivity contribution in [2.45, 2.75) is 26.6 Å². The molecule has 1 unspecified atom stereocenters. The summed E-state index contributed by atoms with van der Waals surface area (Å²) in [4.78, 5) is 13.8. The number of hydrogen-bond acceptors (Lipinski definition) is 2. The Balaban J connectivity index is 1.77. The van der Waals surface area contributed by atoms with E-state index in [9.17, 15) is 9.90 Å². The van der Waals surface area contributed by atoms with Gasteiger partial charge in [0.25, 0.3) is 0 Å². The largest absolute Gasteiger partial charge is 0.373 e. The summed E-state index contributed by atoms with van der Waals surface area (Å²) in [6.07, 6.45) is -0.609. The number of amides is 1. The van der Waals surface area contributed by atoms with E-state index < -0.39 is 6.23 Å². The Bertz CT molecular complexity index is 455. The molecule has 0 aromatic heterocycles. The van der Waals surface area contributed by atoms with E-state index in [0.29, 0.717) is 6.54 Å².